The van der Waals surface area contributed by atoms with Crippen molar-refractivity contribution in [1.29, 1.82) is 0 Å². The summed E-state index contributed by atoms with van der Waals surface area (Å²) >= 11 is 0. The Kier molecular flexibility index (Phi) is 10.8. The molecule has 16 atom stereocenters. The number of ketones is 1. The lowest BCUT2D eigenvalue weighted by Crippen LogP contribution is -2.69. The number of aryl methyl sites for hydroxylation is 1. The first-order chi connectivity index (χ1) is 30.0. The second-order valence-electron chi connectivity index (χ2n) is 18.6. The quantitative estimate of drug-likeness (QED) is 0.0997. The van der Waals surface area contributed by atoms with E-state index in [1.807, 2.05) is 6.92 Å². The zero-order chi connectivity index (χ0) is 46.4. The number of carbonyl (C=O) groups excluding carboxylic acids is 2. The number of epoxide rings is 2. The number of ether oxygens (including phenoxy) is 12. The number of carbonyl (C=O) groups is 2. The van der Waals surface area contributed by atoms with Crippen molar-refractivity contribution in [3.8, 4) is 17.2 Å². The molecule has 2 bridgehead atoms. The third kappa shape index (κ3) is 6.05. The third-order valence-electron chi connectivity index (χ3n) is 14.8. The summed E-state index contributed by atoms with van der Waals surface area (Å²) in [5.41, 5.74) is -5.36. The number of phenols is 1. The number of phenolic OH excluding ortho intramolecular Hbond substituents is 1. The Morgan fingerprint density at radius 3 is 2.25 bits per heavy atom. The van der Waals surface area contributed by atoms with Crippen molar-refractivity contribution in [1.82, 2.24) is 0 Å². The fraction of sp³-hybridized carbons (Fsp3) is 0.727. The van der Waals surface area contributed by atoms with E-state index in [1.165, 1.54) is 49.0 Å². The summed E-state index contributed by atoms with van der Waals surface area (Å²) in [7, 11) is 4.27. The Labute approximate surface area is 368 Å². The minimum atomic E-state index is -2.04. The van der Waals surface area contributed by atoms with Gasteiger partial charge >= 0.3 is 5.97 Å². The van der Waals surface area contributed by atoms with Crippen LogP contribution in [0.2, 0.25) is 0 Å². The van der Waals surface area contributed by atoms with Gasteiger partial charge in [0.15, 0.2) is 35.7 Å². The highest BCUT2D eigenvalue weighted by atomic mass is 16.9. The van der Waals surface area contributed by atoms with Gasteiger partial charge in [-0.25, -0.2) is 0 Å². The van der Waals surface area contributed by atoms with E-state index < -0.39 is 119 Å². The first-order valence-electron chi connectivity index (χ1n) is 21.5. The molecule has 64 heavy (non-hydrogen) atoms. The molecule has 5 heterocycles. The SMILES string of the molecule is COc1c2c(c(O)c3c(O[C@]4(OC5CC(O)C(O)([C@H](C)O)C(C)O5)[C@@H]5CC6(OC6(C(OC)OC)O5)[C@]45CO5)c(C)c(C)cc13)C(=O)[C@@H](O)C[C@@H]2OC1CC(C)(O)C(OC(C)=O)C(C)O1. The predicted octanol–water partition coefficient (Wildman–Crippen LogP) is 1.35. The number of fused-ring (bicyclic) bond motifs is 3. The number of methoxy groups -OCH3 is 3. The molecule has 2 spiro atoms. The van der Waals surface area contributed by atoms with Crippen LogP contribution in [-0.2, 0) is 52.2 Å². The van der Waals surface area contributed by atoms with E-state index in [0.717, 1.165) is 0 Å². The van der Waals surface area contributed by atoms with Gasteiger partial charge in [-0.05, 0) is 58.7 Å². The standard InChI is InChI=1S/C44H58O20/c1-17-11-23-30(34(50)32-31(36(23)53-8)25(12-24(47)33(32)49)60-29-15-39(7,51)37(19(3)57-29)59-22(6)46)35(18(17)2)63-43(62-28-13-26(48)42(52,20(4)45)21(5)58-28)27-14-40(41(43)16-56-41)44(61-27,64-40)38(54-9)55-10/h11,19-21,24-29,37-38,45,47-48,50-52H,12-16H2,1-10H3/t19?,20-,21?,24-,25-,26?,27-,28?,29?,37?,39?,40?,41+,42?,43+,44?/m0/s1. The predicted molar refractivity (Wildman–Crippen MR) is 214 cm³/mol. The molecule has 20 nitrogen and oxygen atoms in total. The normalized spacial score (nSPS) is 43.6. The first kappa shape index (κ1) is 45.8. The van der Waals surface area contributed by atoms with Gasteiger partial charge in [-0.15, -0.1) is 0 Å². The van der Waals surface area contributed by atoms with Crippen molar-refractivity contribution in [2.45, 2.75) is 176 Å². The highest BCUT2D eigenvalue weighted by Gasteiger charge is 3.03. The molecule has 7 aliphatic rings. The number of hydrogen-bond acceptors (Lipinski definition) is 20. The maximum absolute atomic E-state index is 14.1. The van der Waals surface area contributed by atoms with E-state index in [9.17, 15) is 40.2 Å². The van der Waals surface area contributed by atoms with Crippen LogP contribution in [0.15, 0.2) is 6.07 Å². The third-order valence-corrected chi connectivity index (χ3v) is 14.8. The summed E-state index contributed by atoms with van der Waals surface area (Å²) < 4.78 is 74.9. The molecule has 1 saturated carbocycles. The Hall–Kier alpha value is -3.32. The average Bonchev–Trinajstić information content (AvgIpc) is 4.11. The molecule has 6 N–H and O–H groups in total. The van der Waals surface area contributed by atoms with Gasteiger partial charge < -0.3 is 87.5 Å². The number of Topliss-reactive ketones (excluding diaryl/α,β-unsaturated/α-hetero) is 1. The molecule has 0 aromatic heterocycles. The lowest BCUT2D eigenvalue weighted by Gasteiger charge is -2.49. The zero-order valence-corrected chi connectivity index (χ0v) is 37.4. The van der Waals surface area contributed by atoms with Gasteiger partial charge in [0.2, 0.25) is 6.29 Å². The van der Waals surface area contributed by atoms with Gasteiger partial charge in [-0.1, -0.05) is 0 Å². The summed E-state index contributed by atoms with van der Waals surface area (Å²) in [6.07, 6.45) is -13.7. The molecule has 2 aromatic carbocycles. The van der Waals surface area contributed by atoms with Gasteiger partial charge in [-0.3, -0.25) is 9.59 Å². The van der Waals surface area contributed by atoms with Crippen molar-refractivity contribution < 1.29 is 97.1 Å². The lowest BCUT2D eigenvalue weighted by molar-refractivity contribution is -0.384. The highest BCUT2D eigenvalue weighted by Crippen LogP contribution is 2.79. The molecule has 5 aliphatic heterocycles. The van der Waals surface area contributed by atoms with Crippen molar-refractivity contribution >= 4 is 22.5 Å². The summed E-state index contributed by atoms with van der Waals surface area (Å²) in [5, 5.41) is 68.6. The van der Waals surface area contributed by atoms with Crippen LogP contribution in [0.25, 0.3) is 10.8 Å². The van der Waals surface area contributed by atoms with Crippen LogP contribution in [0.5, 0.6) is 17.2 Å². The molecule has 6 fully saturated rings. The van der Waals surface area contributed by atoms with Crippen molar-refractivity contribution in [2.75, 3.05) is 27.9 Å². The average molecular weight is 907 g/mol. The topological polar surface area (TPSA) is 273 Å². The number of benzene rings is 2. The molecule has 10 unspecified atom stereocenters. The molecule has 9 rings (SSSR count). The number of esters is 1. The largest absolute Gasteiger partial charge is 0.506 e. The highest BCUT2D eigenvalue weighted by molar-refractivity contribution is 6.13. The minimum Gasteiger partial charge on any atom is -0.506 e. The van der Waals surface area contributed by atoms with Gasteiger partial charge in [0, 0.05) is 57.8 Å². The molecule has 20 heteroatoms. The monoisotopic (exact) mass is 906 g/mol. The first-order valence-corrected chi connectivity index (χ1v) is 21.5. The Balaban J connectivity index is 1.16. The zero-order valence-electron chi connectivity index (χ0n) is 37.4. The maximum atomic E-state index is 14.1. The van der Waals surface area contributed by atoms with Gasteiger partial charge in [0.25, 0.3) is 11.6 Å². The molecule has 0 radical (unpaired) electrons. The minimum absolute atomic E-state index is 0.00438. The number of aliphatic hydroxyl groups excluding tert-OH is 3. The van der Waals surface area contributed by atoms with E-state index in [1.54, 1.807) is 19.9 Å². The van der Waals surface area contributed by atoms with Crippen LogP contribution < -0.4 is 9.47 Å². The second-order valence-corrected chi connectivity index (χ2v) is 18.6. The molecule has 2 aromatic rings. The summed E-state index contributed by atoms with van der Waals surface area (Å²) in [5.74, 6) is -5.28. The van der Waals surface area contributed by atoms with Crippen LogP contribution in [0, 0.1) is 13.8 Å². The molecule has 2 aliphatic carbocycles. The molecule has 5 saturated heterocycles. The van der Waals surface area contributed by atoms with Gasteiger partial charge in [0.05, 0.1) is 55.2 Å². The fourth-order valence-electron chi connectivity index (χ4n) is 11.4. The van der Waals surface area contributed by atoms with Crippen molar-refractivity contribution in [2.24, 2.45) is 0 Å². The molecular formula is C44H58O20. The van der Waals surface area contributed by atoms with Crippen LogP contribution in [0.3, 0.4) is 0 Å². The van der Waals surface area contributed by atoms with E-state index in [-0.39, 0.29) is 65.7 Å². The summed E-state index contributed by atoms with van der Waals surface area (Å²) in [6.45, 7) is 10.7. The van der Waals surface area contributed by atoms with Crippen molar-refractivity contribution in [3.63, 3.8) is 0 Å². The van der Waals surface area contributed by atoms with E-state index >= 15 is 0 Å². The number of hydrogen-bond donors (Lipinski definition) is 6. The van der Waals surface area contributed by atoms with Crippen LogP contribution >= 0.6 is 0 Å². The van der Waals surface area contributed by atoms with Crippen LogP contribution in [0.1, 0.15) is 93.5 Å². The van der Waals surface area contributed by atoms with E-state index in [4.69, 9.17) is 56.8 Å². The smallest absolute Gasteiger partial charge is 0.303 e. The van der Waals surface area contributed by atoms with Gasteiger partial charge in [0.1, 0.15) is 40.7 Å². The second kappa shape index (κ2) is 15.1. The van der Waals surface area contributed by atoms with E-state index in [0.29, 0.717) is 11.1 Å². The summed E-state index contributed by atoms with van der Waals surface area (Å²) in [6, 6.07) is 1.75. The van der Waals surface area contributed by atoms with E-state index in [2.05, 4.69) is 0 Å². The Morgan fingerprint density at radius 1 is 0.984 bits per heavy atom. The Morgan fingerprint density at radius 2 is 1.67 bits per heavy atom. The van der Waals surface area contributed by atoms with Crippen molar-refractivity contribution in [3.05, 3.63) is 28.3 Å². The number of aromatic hydroxyl groups is 1. The van der Waals surface area contributed by atoms with Crippen LogP contribution in [0.4, 0.5) is 0 Å². The molecule has 0 amide bonds. The number of rotatable bonds is 12. The summed E-state index contributed by atoms with van der Waals surface area (Å²) in [4.78, 5) is 26.0. The molecule has 354 valence electrons. The lowest BCUT2D eigenvalue weighted by atomic mass is 9.81. The number of aliphatic hydroxyl groups is 5. The van der Waals surface area contributed by atoms with Crippen LogP contribution in [-0.4, -0.2) is 166 Å². The Bertz CT molecular complexity index is 2230. The van der Waals surface area contributed by atoms with Gasteiger partial charge in [-0.2, -0.15) is 0 Å². The maximum Gasteiger partial charge on any atom is 0.303 e. The molecular weight excluding hydrogens is 848 g/mol. The fourth-order valence-corrected chi connectivity index (χ4v) is 11.4.